The maximum atomic E-state index is 12.8. The van der Waals surface area contributed by atoms with E-state index in [9.17, 15) is 15.2 Å². The molecular weight excluding hydrogens is 340 g/mol. The van der Waals surface area contributed by atoms with Crippen molar-refractivity contribution in [3.05, 3.63) is 36.0 Å². The molecule has 0 bridgehead atoms. The van der Waals surface area contributed by atoms with Crippen molar-refractivity contribution in [2.45, 2.75) is 37.7 Å². The first-order chi connectivity index (χ1) is 13.1. The quantitative estimate of drug-likeness (QED) is 0.885. The van der Waals surface area contributed by atoms with Crippen molar-refractivity contribution < 1.29 is 9.90 Å². The molecule has 27 heavy (non-hydrogen) atoms. The summed E-state index contributed by atoms with van der Waals surface area (Å²) in [5.41, 5.74) is 1.13. The fraction of sp³-hybridized carbons (Fsp3) is 0.476. The van der Waals surface area contributed by atoms with Crippen LogP contribution in [0.5, 0.6) is 0 Å². The number of hydrogen-bond acceptors (Lipinski definition) is 5. The smallest absolute Gasteiger partial charge is 0.254 e. The Labute approximate surface area is 159 Å². The van der Waals surface area contributed by atoms with Gasteiger partial charge in [-0.05, 0) is 18.9 Å². The monoisotopic (exact) mass is 364 g/mol. The molecule has 1 aromatic heterocycles. The number of para-hydroxylation sites is 1. The Morgan fingerprint density at radius 2 is 1.81 bits per heavy atom. The van der Waals surface area contributed by atoms with Crippen LogP contribution in [0.15, 0.2) is 30.5 Å². The molecule has 1 amide bonds. The third-order valence-corrected chi connectivity index (χ3v) is 5.83. The van der Waals surface area contributed by atoms with Gasteiger partial charge in [0, 0.05) is 37.8 Å². The van der Waals surface area contributed by atoms with Crippen LogP contribution in [0.3, 0.4) is 0 Å². The van der Waals surface area contributed by atoms with Crippen LogP contribution in [0.4, 0.5) is 5.69 Å². The lowest BCUT2D eigenvalue weighted by molar-refractivity contribution is -0.155. The average molecular weight is 364 g/mol. The van der Waals surface area contributed by atoms with Crippen LogP contribution in [-0.2, 0) is 4.79 Å². The van der Waals surface area contributed by atoms with Gasteiger partial charge >= 0.3 is 0 Å². The average Bonchev–Trinajstić information content (AvgIpc) is 2.73. The lowest BCUT2D eigenvalue weighted by atomic mass is 9.83. The van der Waals surface area contributed by atoms with Crippen LogP contribution >= 0.6 is 0 Å². The van der Waals surface area contributed by atoms with Gasteiger partial charge in [0.25, 0.3) is 5.91 Å². The second-order valence-electron chi connectivity index (χ2n) is 7.52. The summed E-state index contributed by atoms with van der Waals surface area (Å²) in [4.78, 5) is 21.2. The fourth-order valence-electron chi connectivity index (χ4n) is 4.33. The number of fused-ring (bicyclic) bond motifs is 1. The number of nitrogens with zero attached hydrogens (tertiary/aromatic N) is 4. The van der Waals surface area contributed by atoms with E-state index < -0.39 is 5.60 Å². The highest BCUT2D eigenvalue weighted by atomic mass is 16.3. The summed E-state index contributed by atoms with van der Waals surface area (Å²) in [5, 5.41) is 21.2. The summed E-state index contributed by atoms with van der Waals surface area (Å²) < 4.78 is 0. The molecule has 6 nitrogen and oxygen atoms in total. The predicted octanol–water partition coefficient (Wildman–Crippen LogP) is 2.45. The highest BCUT2D eigenvalue weighted by Gasteiger charge is 2.40. The molecule has 0 atom stereocenters. The summed E-state index contributed by atoms with van der Waals surface area (Å²) in [6, 6.07) is 10.1. The van der Waals surface area contributed by atoms with Gasteiger partial charge in [0.2, 0.25) is 0 Å². The van der Waals surface area contributed by atoms with E-state index in [1.165, 1.54) is 0 Å². The number of pyridine rings is 1. The Morgan fingerprint density at radius 3 is 2.52 bits per heavy atom. The molecule has 2 fully saturated rings. The topological polar surface area (TPSA) is 80.5 Å². The number of carbonyl (C=O) groups is 1. The molecule has 2 heterocycles. The minimum atomic E-state index is -1.18. The van der Waals surface area contributed by atoms with E-state index in [4.69, 9.17) is 0 Å². The molecule has 1 aromatic carbocycles. The van der Waals surface area contributed by atoms with Gasteiger partial charge in [-0.3, -0.25) is 9.78 Å². The van der Waals surface area contributed by atoms with Gasteiger partial charge in [0.1, 0.15) is 11.7 Å². The van der Waals surface area contributed by atoms with Crippen LogP contribution in [-0.4, -0.2) is 52.7 Å². The third kappa shape index (κ3) is 3.24. The van der Waals surface area contributed by atoms with Crippen molar-refractivity contribution in [2.24, 2.45) is 0 Å². The number of benzene rings is 1. The van der Waals surface area contributed by atoms with E-state index in [1.807, 2.05) is 24.3 Å². The summed E-state index contributed by atoms with van der Waals surface area (Å²) in [5.74, 6) is -0.123. The van der Waals surface area contributed by atoms with Gasteiger partial charge in [-0.1, -0.05) is 37.5 Å². The predicted molar refractivity (Wildman–Crippen MR) is 103 cm³/mol. The fourth-order valence-corrected chi connectivity index (χ4v) is 4.33. The molecule has 0 spiro atoms. The molecule has 140 valence electrons. The van der Waals surface area contributed by atoms with Crippen molar-refractivity contribution in [1.82, 2.24) is 9.88 Å². The van der Waals surface area contributed by atoms with Gasteiger partial charge in [-0.15, -0.1) is 0 Å². The van der Waals surface area contributed by atoms with Crippen LogP contribution in [0.25, 0.3) is 10.9 Å². The highest BCUT2D eigenvalue weighted by Crippen LogP contribution is 2.32. The van der Waals surface area contributed by atoms with Crippen LogP contribution in [0.2, 0.25) is 0 Å². The number of nitriles is 1. The molecule has 6 heteroatoms. The lowest BCUT2D eigenvalue weighted by Gasteiger charge is -2.41. The summed E-state index contributed by atoms with van der Waals surface area (Å²) in [6.07, 6.45) is 5.68. The Kier molecular flexibility index (Phi) is 4.71. The van der Waals surface area contributed by atoms with Crippen LogP contribution < -0.4 is 4.90 Å². The zero-order chi connectivity index (χ0) is 18.9. The molecule has 1 aliphatic heterocycles. The molecule has 2 aromatic rings. The van der Waals surface area contributed by atoms with Crippen LogP contribution in [0.1, 0.15) is 37.7 Å². The summed E-state index contributed by atoms with van der Waals surface area (Å²) >= 11 is 0. The van der Waals surface area contributed by atoms with Gasteiger partial charge in [0.15, 0.2) is 0 Å². The standard InChI is InChI=1S/C21H24N4O2/c22-14-16-15-23-18-7-3-2-6-17(18)19(16)24-10-12-25(13-11-24)20(26)21(27)8-4-1-5-9-21/h2-3,6-7,15,27H,1,4-5,8-13H2. The third-order valence-electron chi connectivity index (χ3n) is 5.83. The van der Waals surface area contributed by atoms with Crippen molar-refractivity contribution in [1.29, 1.82) is 5.26 Å². The number of carbonyl (C=O) groups excluding carboxylic acids is 1. The number of piperazine rings is 1. The lowest BCUT2D eigenvalue weighted by Crippen LogP contribution is -2.56. The zero-order valence-electron chi connectivity index (χ0n) is 15.4. The first-order valence-electron chi connectivity index (χ1n) is 9.67. The molecule has 1 N–H and O–H groups in total. The van der Waals surface area contributed by atoms with E-state index >= 15 is 0 Å². The molecule has 0 radical (unpaired) electrons. The maximum Gasteiger partial charge on any atom is 0.254 e. The van der Waals surface area contributed by atoms with Gasteiger partial charge in [-0.25, -0.2) is 0 Å². The number of rotatable bonds is 2. The Bertz CT molecular complexity index is 891. The van der Waals surface area contributed by atoms with E-state index in [-0.39, 0.29) is 5.91 Å². The molecule has 1 aliphatic carbocycles. The highest BCUT2D eigenvalue weighted by molar-refractivity contribution is 5.94. The van der Waals surface area contributed by atoms with Crippen molar-refractivity contribution in [3.8, 4) is 6.07 Å². The Balaban J connectivity index is 1.54. The zero-order valence-corrected chi connectivity index (χ0v) is 15.4. The molecule has 1 saturated heterocycles. The van der Waals surface area contributed by atoms with E-state index in [0.29, 0.717) is 44.6 Å². The number of amides is 1. The minimum Gasteiger partial charge on any atom is -0.380 e. The van der Waals surface area contributed by atoms with E-state index in [1.54, 1.807) is 11.1 Å². The number of anilines is 1. The first kappa shape index (κ1) is 17.7. The summed E-state index contributed by atoms with van der Waals surface area (Å²) in [6.45, 7) is 2.40. The van der Waals surface area contributed by atoms with E-state index in [0.717, 1.165) is 35.9 Å². The van der Waals surface area contributed by atoms with Crippen molar-refractivity contribution >= 4 is 22.5 Å². The molecular formula is C21H24N4O2. The Morgan fingerprint density at radius 1 is 1.11 bits per heavy atom. The van der Waals surface area contributed by atoms with Crippen molar-refractivity contribution in [2.75, 3.05) is 31.1 Å². The maximum absolute atomic E-state index is 12.8. The van der Waals surface area contributed by atoms with Crippen molar-refractivity contribution in [3.63, 3.8) is 0 Å². The number of aromatic nitrogens is 1. The normalized spacial score (nSPS) is 19.7. The molecule has 1 saturated carbocycles. The SMILES string of the molecule is N#Cc1cnc2ccccc2c1N1CCN(C(=O)C2(O)CCCCC2)CC1. The van der Waals surface area contributed by atoms with Gasteiger partial charge < -0.3 is 14.9 Å². The summed E-state index contributed by atoms with van der Waals surface area (Å²) in [7, 11) is 0. The Hall–Kier alpha value is -2.65. The molecule has 4 rings (SSSR count). The second kappa shape index (κ2) is 7.16. The largest absolute Gasteiger partial charge is 0.380 e. The molecule has 2 aliphatic rings. The van der Waals surface area contributed by atoms with Crippen LogP contribution in [0, 0.1) is 11.3 Å². The van der Waals surface area contributed by atoms with Gasteiger partial charge in [0.05, 0.1) is 16.8 Å². The minimum absolute atomic E-state index is 0.123. The molecule has 0 unspecified atom stereocenters. The van der Waals surface area contributed by atoms with Gasteiger partial charge in [-0.2, -0.15) is 5.26 Å². The number of hydrogen-bond donors (Lipinski definition) is 1. The second-order valence-corrected chi connectivity index (χ2v) is 7.52. The number of aliphatic hydroxyl groups is 1. The van der Waals surface area contributed by atoms with E-state index in [2.05, 4.69) is 16.0 Å². The first-order valence-corrected chi connectivity index (χ1v) is 9.67.